The van der Waals surface area contributed by atoms with Crippen LogP contribution in [0.2, 0.25) is 0 Å². The highest BCUT2D eigenvalue weighted by Gasteiger charge is 2.11. The van der Waals surface area contributed by atoms with Gasteiger partial charge in [-0.2, -0.15) is 0 Å². The first-order chi connectivity index (χ1) is 9.58. The number of nitro groups is 1. The Bertz CT molecular complexity index is 476. The van der Waals surface area contributed by atoms with Crippen molar-refractivity contribution < 1.29 is 14.6 Å². The normalized spacial score (nSPS) is 10.3. The number of ether oxygens (including phenoxy) is 1. The van der Waals surface area contributed by atoms with Gasteiger partial charge >= 0.3 is 0 Å². The zero-order valence-corrected chi connectivity index (χ0v) is 11.8. The summed E-state index contributed by atoms with van der Waals surface area (Å²) >= 11 is 0. The highest BCUT2D eigenvalue weighted by Crippen LogP contribution is 2.22. The standard InChI is InChI=1S/C15H20N2O3/c1-4-8-16(9-5-2)10-11-20-14-6-7-15(17(18)19)13(3)12-14/h4-7,12H,1-2,8-11H2,3H3/p+1. The Labute approximate surface area is 119 Å². The van der Waals surface area contributed by atoms with E-state index in [2.05, 4.69) is 13.2 Å². The minimum atomic E-state index is -0.390. The number of hydrogen-bond acceptors (Lipinski definition) is 3. The molecule has 0 heterocycles. The molecule has 1 aromatic rings. The molecule has 0 saturated heterocycles. The number of hydrogen-bond donors (Lipinski definition) is 1. The van der Waals surface area contributed by atoms with Crippen LogP contribution in [0.15, 0.2) is 43.5 Å². The lowest BCUT2D eigenvalue weighted by atomic mass is 10.2. The van der Waals surface area contributed by atoms with Gasteiger partial charge in [0.1, 0.15) is 18.9 Å². The number of nitro benzene ring substituents is 1. The minimum absolute atomic E-state index is 0.114. The molecule has 0 amide bonds. The second kappa shape index (κ2) is 8.12. The minimum Gasteiger partial charge on any atom is -0.488 e. The molecule has 0 spiro atoms. The maximum Gasteiger partial charge on any atom is 0.272 e. The van der Waals surface area contributed by atoms with E-state index in [4.69, 9.17) is 4.74 Å². The van der Waals surface area contributed by atoms with Crippen molar-refractivity contribution in [2.75, 3.05) is 26.2 Å². The summed E-state index contributed by atoms with van der Waals surface area (Å²) in [4.78, 5) is 11.6. The molecule has 1 N–H and O–H groups in total. The molecule has 1 aromatic carbocycles. The fourth-order valence-electron chi connectivity index (χ4n) is 1.93. The Morgan fingerprint density at radius 2 is 2.00 bits per heavy atom. The molecule has 0 bridgehead atoms. The largest absolute Gasteiger partial charge is 0.488 e. The predicted octanol–water partition coefficient (Wildman–Crippen LogP) is 1.54. The molecule has 0 fully saturated rings. The number of quaternary nitrogens is 1. The fourth-order valence-corrected chi connectivity index (χ4v) is 1.93. The summed E-state index contributed by atoms with van der Waals surface area (Å²) in [6, 6.07) is 4.80. The molecule has 0 radical (unpaired) electrons. The monoisotopic (exact) mass is 277 g/mol. The van der Waals surface area contributed by atoms with E-state index in [1.165, 1.54) is 11.0 Å². The smallest absolute Gasteiger partial charge is 0.272 e. The molecule has 0 aliphatic rings. The van der Waals surface area contributed by atoms with Crippen LogP contribution in [0.3, 0.4) is 0 Å². The van der Waals surface area contributed by atoms with Crippen molar-refractivity contribution in [3.8, 4) is 5.75 Å². The zero-order chi connectivity index (χ0) is 15.0. The second-order valence-corrected chi connectivity index (χ2v) is 4.54. The summed E-state index contributed by atoms with van der Waals surface area (Å²) in [6.07, 6.45) is 3.74. The first-order valence-electron chi connectivity index (χ1n) is 6.51. The van der Waals surface area contributed by atoms with Crippen molar-refractivity contribution in [2.24, 2.45) is 0 Å². The first-order valence-corrected chi connectivity index (χ1v) is 6.51. The van der Waals surface area contributed by atoms with Crippen LogP contribution in [-0.2, 0) is 0 Å². The maximum absolute atomic E-state index is 10.7. The van der Waals surface area contributed by atoms with Crippen LogP contribution < -0.4 is 9.64 Å². The average molecular weight is 277 g/mol. The van der Waals surface area contributed by atoms with Gasteiger partial charge in [0.2, 0.25) is 0 Å². The van der Waals surface area contributed by atoms with Crippen LogP contribution in [0, 0.1) is 17.0 Å². The highest BCUT2D eigenvalue weighted by atomic mass is 16.6. The van der Waals surface area contributed by atoms with Crippen molar-refractivity contribution in [3.05, 3.63) is 59.2 Å². The topological polar surface area (TPSA) is 56.8 Å². The molecule has 0 aromatic heterocycles. The molecule has 5 nitrogen and oxygen atoms in total. The Kier molecular flexibility index (Phi) is 6.46. The van der Waals surface area contributed by atoms with Gasteiger partial charge in [-0.25, -0.2) is 0 Å². The molecule has 20 heavy (non-hydrogen) atoms. The Balaban J connectivity index is 2.53. The van der Waals surface area contributed by atoms with Gasteiger partial charge in [0.15, 0.2) is 0 Å². The molecular weight excluding hydrogens is 256 g/mol. The summed E-state index contributed by atoms with van der Waals surface area (Å²) in [7, 11) is 0. The van der Waals surface area contributed by atoms with Gasteiger partial charge in [-0.1, -0.05) is 13.2 Å². The summed E-state index contributed by atoms with van der Waals surface area (Å²) in [5, 5.41) is 10.7. The average Bonchev–Trinajstić information content (AvgIpc) is 2.39. The van der Waals surface area contributed by atoms with Crippen LogP contribution in [0.5, 0.6) is 5.75 Å². The van der Waals surface area contributed by atoms with E-state index < -0.39 is 0 Å². The van der Waals surface area contributed by atoms with Crippen molar-refractivity contribution >= 4 is 5.69 Å². The molecule has 0 saturated carbocycles. The van der Waals surface area contributed by atoms with Gasteiger partial charge in [-0.3, -0.25) is 10.1 Å². The second-order valence-electron chi connectivity index (χ2n) is 4.54. The maximum atomic E-state index is 10.7. The third-order valence-corrected chi connectivity index (χ3v) is 2.96. The van der Waals surface area contributed by atoms with Crippen molar-refractivity contribution in [3.63, 3.8) is 0 Å². The first kappa shape index (κ1) is 15.9. The summed E-state index contributed by atoms with van der Waals surface area (Å²) in [5.41, 5.74) is 0.719. The van der Waals surface area contributed by atoms with E-state index in [-0.39, 0.29) is 10.6 Å². The Hall–Kier alpha value is -2.14. The molecule has 5 heteroatoms. The number of aryl methyl sites for hydroxylation is 1. The summed E-state index contributed by atoms with van der Waals surface area (Å²) < 4.78 is 5.63. The van der Waals surface area contributed by atoms with Crippen LogP contribution in [0.4, 0.5) is 5.69 Å². The van der Waals surface area contributed by atoms with Crippen LogP contribution in [0.25, 0.3) is 0 Å². The number of nitrogens with zero attached hydrogens (tertiary/aromatic N) is 1. The van der Waals surface area contributed by atoms with E-state index >= 15 is 0 Å². The van der Waals surface area contributed by atoms with E-state index in [1.54, 1.807) is 19.1 Å². The van der Waals surface area contributed by atoms with E-state index in [0.717, 1.165) is 19.6 Å². The van der Waals surface area contributed by atoms with Gasteiger partial charge < -0.3 is 9.64 Å². The Morgan fingerprint density at radius 3 is 2.50 bits per heavy atom. The van der Waals surface area contributed by atoms with Crippen LogP contribution in [0.1, 0.15) is 5.56 Å². The number of benzene rings is 1. The van der Waals surface area contributed by atoms with E-state index in [0.29, 0.717) is 17.9 Å². The molecule has 0 aliphatic heterocycles. The molecule has 1 rings (SSSR count). The lowest BCUT2D eigenvalue weighted by Crippen LogP contribution is -3.12. The van der Waals surface area contributed by atoms with Crippen molar-refractivity contribution in [1.82, 2.24) is 0 Å². The quantitative estimate of drug-likeness (QED) is 0.423. The van der Waals surface area contributed by atoms with Gasteiger partial charge in [-0.05, 0) is 31.2 Å². The number of nitrogens with one attached hydrogen (secondary N) is 1. The lowest BCUT2D eigenvalue weighted by Gasteiger charge is -2.16. The van der Waals surface area contributed by atoms with Crippen molar-refractivity contribution in [1.29, 1.82) is 0 Å². The van der Waals surface area contributed by atoms with E-state index in [9.17, 15) is 10.1 Å². The third-order valence-electron chi connectivity index (χ3n) is 2.96. The van der Waals surface area contributed by atoms with Crippen LogP contribution in [-0.4, -0.2) is 31.2 Å². The summed E-state index contributed by atoms with van der Waals surface area (Å²) in [5.74, 6) is 0.657. The van der Waals surface area contributed by atoms with Crippen LogP contribution >= 0.6 is 0 Å². The van der Waals surface area contributed by atoms with Gasteiger partial charge in [-0.15, -0.1) is 0 Å². The van der Waals surface area contributed by atoms with Gasteiger partial charge in [0, 0.05) is 11.6 Å². The molecule has 0 aliphatic carbocycles. The number of rotatable bonds is 9. The zero-order valence-electron chi connectivity index (χ0n) is 11.8. The molecule has 108 valence electrons. The summed E-state index contributed by atoms with van der Waals surface area (Å²) in [6.45, 7) is 12.2. The predicted molar refractivity (Wildman–Crippen MR) is 79.3 cm³/mol. The molecular formula is C15H21N2O3+. The fraction of sp³-hybridized carbons (Fsp3) is 0.333. The van der Waals surface area contributed by atoms with Crippen molar-refractivity contribution in [2.45, 2.75) is 6.92 Å². The third kappa shape index (κ3) is 4.85. The van der Waals surface area contributed by atoms with E-state index in [1.807, 2.05) is 12.2 Å². The SMILES string of the molecule is C=CC[NH+](CC=C)CCOc1ccc([N+](=O)[O-])c(C)c1. The molecule has 0 atom stereocenters. The lowest BCUT2D eigenvalue weighted by molar-refractivity contribution is -0.888. The van der Waals surface area contributed by atoms with Gasteiger partial charge in [0.05, 0.1) is 18.0 Å². The Morgan fingerprint density at radius 1 is 1.35 bits per heavy atom. The van der Waals surface area contributed by atoms with Gasteiger partial charge in [0.25, 0.3) is 5.69 Å². The highest BCUT2D eigenvalue weighted by molar-refractivity contribution is 5.44. The molecule has 0 unspecified atom stereocenters.